The summed E-state index contributed by atoms with van der Waals surface area (Å²) < 4.78 is 13.7. The summed E-state index contributed by atoms with van der Waals surface area (Å²) in [5.74, 6) is 0.169. The second-order valence-corrected chi connectivity index (χ2v) is 11.0. The lowest BCUT2D eigenvalue weighted by Gasteiger charge is -2.39. The minimum atomic E-state index is -0.471. The zero-order chi connectivity index (χ0) is 20.3. The first-order chi connectivity index (χ1) is 13.1. The van der Waals surface area contributed by atoms with Gasteiger partial charge in [0.25, 0.3) is 0 Å². The first-order valence-corrected chi connectivity index (χ1v) is 11.1. The molecule has 2 saturated heterocycles. The monoisotopic (exact) mass is 404 g/mol. The van der Waals surface area contributed by atoms with Crippen LogP contribution in [0.5, 0.6) is 0 Å². The van der Waals surface area contributed by atoms with Crippen molar-refractivity contribution in [3.8, 4) is 0 Å². The van der Waals surface area contributed by atoms with Crippen LogP contribution in [0.15, 0.2) is 24.3 Å². The summed E-state index contributed by atoms with van der Waals surface area (Å²) in [5, 5.41) is -0.309. The smallest absolute Gasteiger partial charge is 0.246 e. The van der Waals surface area contributed by atoms with Gasteiger partial charge >= 0.3 is 0 Å². The number of carbonyl (C=O) groups is 2. The molecule has 4 nitrogen and oxygen atoms in total. The molecule has 0 radical (unpaired) electrons. The third-order valence-corrected chi connectivity index (χ3v) is 7.80. The molecule has 4 unspecified atom stereocenters. The van der Waals surface area contributed by atoms with Gasteiger partial charge in [0.2, 0.25) is 11.8 Å². The number of amides is 2. The zero-order valence-corrected chi connectivity index (χ0v) is 17.9. The number of fused-ring (bicyclic) bond motifs is 2. The minimum absolute atomic E-state index is 0.0630. The van der Waals surface area contributed by atoms with Gasteiger partial charge in [-0.1, -0.05) is 32.9 Å². The summed E-state index contributed by atoms with van der Waals surface area (Å²) in [7, 11) is 0. The Morgan fingerprint density at radius 3 is 2.64 bits per heavy atom. The Kier molecular flexibility index (Phi) is 4.76. The predicted octanol–water partition coefficient (Wildman–Crippen LogP) is 4.22. The summed E-state index contributed by atoms with van der Waals surface area (Å²) in [6, 6.07) is 6.14. The molecule has 0 aromatic heterocycles. The van der Waals surface area contributed by atoms with Gasteiger partial charge in [-0.05, 0) is 47.8 Å². The largest absolute Gasteiger partial charge is 0.337 e. The Bertz CT molecular complexity index is 813. The normalized spacial score (nSPS) is 34.0. The van der Waals surface area contributed by atoms with Crippen molar-refractivity contribution in [3.05, 3.63) is 35.6 Å². The molecule has 1 aromatic rings. The molecule has 1 aromatic carbocycles. The number of benzene rings is 1. The van der Waals surface area contributed by atoms with E-state index in [4.69, 9.17) is 0 Å². The van der Waals surface area contributed by atoms with Crippen molar-refractivity contribution >= 4 is 23.6 Å². The Balaban J connectivity index is 1.59. The molecule has 1 aliphatic carbocycles. The van der Waals surface area contributed by atoms with E-state index in [0.29, 0.717) is 5.75 Å². The first-order valence-electron chi connectivity index (χ1n) is 10.1. The van der Waals surface area contributed by atoms with Crippen LogP contribution in [0.1, 0.15) is 57.9 Å². The third kappa shape index (κ3) is 3.44. The average molecular weight is 405 g/mol. The molecule has 2 heterocycles. The van der Waals surface area contributed by atoms with Crippen LogP contribution in [-0.2, 0) is 9.59 Å². The number of rotatable bonds is 2. The Morgan fingerprint density at radius 1 is 1.21 bits per heavy atom. The van der Waals surface area contributed by atoms with Crippen molar-refractivity contribution in [2.45, 2.75) is 64.4 Å². The van der Waals surface area contributed by atoms with E-state index in [0.717, 1.165) is 31.4 Å². The zero-order valence-electron chi connectivity index (χ0n) is 17.1. The summed E-state index contributed by atoms with van der Waals surface area (Å²) in [6.45, 7) is 9.15. The SMILES string of the molecule is CC(=O)N1C(C(=O)N2CC3(C)CC2CC(C)(C)C3)CSC1c1cccc(F)c1. The summed E-state index contributed by atoms with van der Waals surface area (Å²) in [6.07, 6.45) is 3.19. The summed E-state index contributed by atoms with van der Waals surface area (Å²) in [5.41, 5.74) is 1.14. The predicted molar refractivity (Wildman–Crippen MR) is 109 cm³/mol. The van der Waals surface area contributed by atoms with Crippen molar-refractivity contribution in [1.82, 2.24) is 9.80 Å². The Morgan fingerprint density at radius 2 is 1.96 bits per heavy atom. The van der Waals surface area contributed by atoms with Crippen molar-refractivity contribution in [2.75, 3.05) is 12.3 Å². The van der Waals surface area contributed by atoms with Crippen LogP contribution in [0.3, 0.4) is 0 Å². The quantitative estimate of drug-likeness (QED) is 0.741. The third-order valence-electron chi connectivity index (χ3n) is 6.48. The molecule has 3 fully saturated rings. The van der Waals surface area contributed by atoms with Gasteiger partial charge in [-0.3, -0.25) is 9.59 Å². The van der Waals surface area contributed by atoms with Crippen LogP contribution in [-0.4, -0.2) is 46.0 Å². The molecule has 2 bridgehead atoms. The van der Waals surface area contributed by atoms with E-state index < -0.39 is 6.04 Å². The molecule has 1 saturated carbocycles. The molecule has 6 heteroatoms. The van der Waals surface area contributed by atoms with Crippen LogP contribution in [0, 0.1) is 16.6 Å². The highest BCUT2D eigenvalue weighted by molar-refractivity contribution is 7.99. The van der Waals surface area contributed by atoms with Gasteiger partial charge in [-0.15, -0.1) is 11.8 Å². The van der Waals surface area contributed by atoms with Crippen LogP contribution in [0.2, 0.25) is 0 Å². The first kappa shape index (κ1) is 19.7. The number of thioether (sulfide) groups is 1. The highest BCUT2D eigenvalue weighted by atomic mass is 32.2. The van der Waals surface area contributed by atoms with E-state index >= 15 is 0 Å². The van der Waals surface area contributed by atoms with Crippen LogP contribution in [0.4, 0.5) is 4.39 Å². The van der Waals surface area contributed by atoms with Crippen molar-refractivity contribution in [2.24, 2.45) is 10.8 Å². The molecule has 152 valence electrons. The lowest BCUT2D eigenvalue weighted by molar-refractivity contribution is -0.144. The highest BCUT2D eigenvalue weighted by Gasteiger charge is 2.53. The van der Waals surface area contributed by atoms with Crippen molar-refractivity contribution in [1.29, 1.82) is 0 Å². The second kappa shape index (κ2) is 6.75. The lowest BCUT2D eigenvalue weighted by atomic mass is 9.65. The molecule has 0 spiro atoms. The maximum atomic E-state index is 13.7. The standard InChI is InChI=1S/C22H29FN2O2S/c1-14(26)25-18(11-28-20(25)15-6-5-7-16(23)8-15)19(27)24-13-22(4)10-17(24)9-21(2,3)12-22/h5-8,17-18,20H,9-13H2,1-4H3. The van der Waals surface area contributed by atoms with E-state index in [1.165, 1.54) is 19.1 Å². The molecular formula is C22H29FN2O2S. The van der Waals surface area contributed by atoms with Gasteiger partial charge < -0.3 is 9.80 Å². The molecular weight excluding hydrogens is 375 g/mol. The molecule has 0 N–H and O–H groups in total. The molecule has 4 atom stereocenters. The number of likely N-dealkylation sites (tertiary alicyclic amines) is 1. The number of carbonyl (C=O) groups excluding carboxylic acids is 2. The van der Waals surface area contributed by atoms with Gasteiger partial charge in [0.05, 0.1) is 0 Å². The van der Waals surface area contributed by atoms with Gasteiger partial charge in [-0.2, -0.15) is 0 Å². The Labute approximate surface area is 170 Å². The van der Waals surface area contributed by atoms with E-state index in [1.807, 2.05) is 11.0 Å². The molecule has 2 aliphatic heterocycles. The fourth-order valence-electron chi connectivity index (χ4n) is 5.91. The van der Waals surface area contributed by atoms with Gasteiger partial charge in [0, 0.05) is 25.3 Å². The van der Waals surface area contributed by atoms with E-state index in [9.17, 15) is 14.0 Å². The highest BCUT2D eigenvalue weighted by Crippen LogP contribution is 2.53. The number of nitrogens with zero attached hydrogens (tertiary/aromatic N) is 2. The number of hydrogen-bond donors (Lipinski definition) is 0. The molecule has 4 rings (SSSR count). The van der Waals surface area contributed by atoms with Gasteiger partial charge in [0.15, 0.2) is 0 Å². The van der Waals surface area contributed by atoms with Crippen LogP contribution < -0.4 is 0 Å². The number of hydrogen-bond acceptors (Lipinski definition) is 3. The Hall–Kier alpha value is -1.56. The minimum Gasteiger partial charge on any atom is -0.337 e. The maximum Gasteiger partial charge on any atom is 0.246 e. The summed E-state index contributed by atoms with van der Waals surface area (Å²) in [4.78, 5) is 29.7. The lowest BCUT2D eigenvalue weighted by Crippen LogP contribution is -2.50. The van der Waals surface area contributed by atoms with Gasteiger partial charge in [-0.25, -0.2) is 4.39 Å². The number of halogens is 1. The van der Waals surface area contributed by atoms with Crippen LogP contribution in [0.25, 0.3) is 0 Å². The second-order valence-electron chi connectivity index (χ2n) is 9.86. The van der Waals surface area contributed by atoms with Crippen molar-refractivity contribution in [3.63, 3.8) is 0 Å². The van der Waals surface area contributed by atoms with Gasteiger partial charge in [0.1, 0.15) is 17.2 Å². The topological polar surface area (TPSA) is 40.6 Å². The molecule has 28 heavy (non-hydrogen) atoms. The molecule has 2 amide bonds. The fraction of sp³-hybridized carbons (Fsp3) is 0.636. The molecule has 3 aliphatic rings. The average Bonchev–Trinajstić information content (AvgIpc) is 3.12. The van der Waals surface area contributed by atoms with Crippen LogP contribution >= 0.6 is 11.8 Å². The fourth-order valence-corrected chi connectivity index (χ4v) is 7.37. The van der Waals surface area contributed by atoms with E-state index in [1.54, 1.807) is 22.7 Å². The van der Waals surface area contributed by atoms with E-state index in [2.05, 4.69) is 20.8 Å². The summed E-state index contributed by atoms with van der Waals surface area (Å²) >= 11 is 1.55. The van der Waals surface area contributed by atoms with E-state index in [-0.39, 0.29) is 39.9 Å². The van der Waals surface area contributed by atoms with Crippen molar-refractivity contribution < 1.29 is 14.0 Å². The maximum absolute atomic E-state index is 13.7.